The van der Waals surface area contributed by atoms with Crippen molar-refractivity contribution in [2.45, 2.75) is 40.7 Å². The van der Waals surface area contributed by atoms with E-state index in [4.69, 9.17) is 4.74 Å². The number of ether oxygens (including phenoxy) is 1. The molecule has 0 heterocycles. The van der Waals surface area contributed by atoms with Crippen LogP contribution in [0.3, 0.4) is 0 Å². The predicted octanol–water partition coefficient (Wildman–Crippen LogP) is 4.41. The van der Waals surface area contributed by atoms with E-state index in [1.54, 1.807) is 19.2 Å². The Morgan fingerprint density at radius 3 is 1.80 bits per heavy atom. The quantitative estimate of drug-likeness (QED) is 0.708. The molecule has 0 bridgehead atoms. The molecular formula is C13H23FO. The highest BCUT2D eigenvalue weighted by Crippen LogP contribution is 2.02. The second-order valence-electron chi connectivity index (χ2n) is 2.77. The van der Waals surface area contributed by atoms with Crippen LogP contribution < -0.4 is 0 Å². The molecule has 0 atom stereocenters. The fraction of sp³-hybridized carbons (Fsp3) is 0.538. The second-order valence-corrected chi connectivity index (χ2v) is 2.77. The maximum absolute atomic E-state index is 12.3. The van der Waals surface area contributed by atoms with Crippen LogP contribution in [-0.4, -0.2) is 7.11 Å². The van der Waals surface area contributed by atoms with Crippen LogP contribution >= 0.6 is 0 Å². The Hall–Kier alpha value is -0.890. The van der Waals surface area contributed by atoms with E-state index in [2.05, 4.69) is 13.8 Å². The van der Waals surface area contributed by atoms with Crippen molar-refractivity contribution in [2.75, 3.05) is 7.11 Å². The molecule has 0 aromatic heterocycles. The predicted molar refractivity (Wildman–Crippen MR) is 64.4 cm³/mol. The van der Waals surface area contributed by atoms with Crippen molar-refractivity contribution in [3.8, 4) is 0 Å². The smallest absolute Gasteiger partial charge is 0.123 e. The van der Waals surface area contributed by atoms with Crippen LogP contribution in [0.4, 0.5) is 4.39 Å². The molecule has 2 heteroatoms. The van der Waals surface area contributed by atoms with Gasteiger partial charge in [-0.05, 0) is 17.7 Å². The maximum Gasteiger partial charge on any atom is 0.123 e. The Balaban J connectivity index is 0. The average molecular weight is 214 g/mol. The lowest BCUT2D eigenvalue weighted by atomic mass is 10.2. The fourth-order valence-electron chi connectivity index (χ4n) is 0.747. The van der Waals surface area contributed by atoms with Crippen molar-refractivity contribution in [1.29, 1.82) is 0 Å². The lowest BCUT2D eigenvalue weighted by molar-refractivity contribution is 0.185. The Bertz CT molecular complexity index is 206. The molecule has 0 spiro atoms. The summed E-state index contributed by atoms with van der Waals surface area (Å²) in [5, 5.41) is 0. The fourth-order valence-corrected chi connectivity index (χ4v) is 0.747. The van der Waals surface area contributed by atoms with Gasteiger partial charge in [0.1, 0.15) is 5.82 Å². The van der Waals surface area contributed by atoms with Gasteiger partial charge in [0.2, 0.25) is 0 Å². The third-order valence-corrected chi connectivity index (χ3v) is 1.22. The molecule has 0 saturated heterocycles. The molecule has 0 aliphatic heterocycles. The zero-order valence-corrected chi connectivity index (χ0v) is 10.5. The first kappa shape index (κ1) is 16.5. The van der Waals surface area contributed by atoms with E-state index in [1.165, 1.54) is 18.6 Å². The van der Waals surface area contributed by atoms with Gasteiger partial charge in [0.15, 0.2) is 0 Å². The Labute approximate surface area is 93.3 Å². The Kier molecular flexibility index (Phi) is 14.5. The lowest BCUT2D eigenvalue weighted by Gasteiger charge is -1.96. The molecule has 0 radical (unpaired) electrons. The molecule has 0 fully saturated rings. The van der Waals surface area contributed by atoms with Gasteiger partial charge in [-0.1, -0.05) is 46.2 Å². The molecule has 1 aromatic carbocycles. The van der Waals surface area contributed by atoms with Crippen LogP contribution in [0.25, 0.3) is 0 Å². The summed E-state index contributed by atoms with van der Waals surface area (Å²) in [6.07, 6.45) is 1.25. The maximum atomic E-state index is 12.3. The molecule has 1 rings (SSSR count). The van der Waals surface area contributed by atoms with Gasteiger partial charge in [-0.3, -0.25) is 0 Å². The summed E-state index contributed by atoms with van der Waals surface area (Å²) in [7, 11) is 1.61. The number of hydrogen-bond acceptors (Lipinski definition) is 1. The highest BCUT2D eigenvalue weighted by molar-refractivity contribution is 5.14. The highest BCUT2D eigenvalue weighted by atomic mass is 19.1. The van der Waals surface area contributed by atoms with Gasteiger partial charge < -0.3 is 4.74 Å². The van der Waals surface area contributed by atoms with Crippen molar-refractivity contribution in [3.05, 3.63) is 35.6 Å². The molecule has 0 unspecified atom stereocenters. The van der Waals surface area contributed by atoms with Crippen LogP contribution in [0.1, 0.15) is 39.7 Å². The zero-order valence-electron chi connectivity index (χ0n) is 10.5. The lowest BCUT2D eigenvalue weighted by Crippen LogP contribution is -1.86. The minimum absolute atomic E-state index is 0.208. The van der Waals surface area contributed by atoms with Gasteiger partial charge in [0.05, 0.1) is 6.61 Å². The van der Waals surface area contributed by atoms with E-state index >= 15 is 0 Å². The van der Waals surface area contributed by atoms with E-state index in [0.29, 0.717) is 6.61 Å². The molecular weight excluding hydrogens is 191 g/mol. The molecule has 1 aromatic rings. The number of methoxy groups -OCH3 is 1. The summed E-state index contributed by atoms with van der Waals surface area (Å²) in [5.41, 5.74) is 0.990. The van der Waals surface area contributed by atoms with Crippen LogP contribution in [0.15, 0.2) is 24.3 Å². The van der Waals surface area contributed by atoms with E-state index in [1.807, 2.05) is 13.8 Å². The topological polar surface area (TPSA) is 9.23 Å². The molecule has 0 saturated carbocycles. The van der Waals surface area contributed by atoms with Crippen molar-refractivity contribution in [3.63, 3.8) is 0 Å². The highest BCUT2D eigenvalue weighted by Gasteiger charge is 1.90. The van der Waals surface area contributed by atoms with Gasteiger partial charge in [0.25, 0.3) is 0 Å². The number of hydrogen-bond donors (Lipinski definition) is 0. The summed E-state index contributed by atoms with van der Waals surface area (Å²) in [4.78, 5) is 0. The first-order chi connectivity index (χ1) is 7.24. The number of halogens is 1. The van der Waals surface area contributed by atoms with Crippen molar-refractivity contribution in [2.24, 2.45) is 0 Å². The minimum Gasteiger partial charge on any atom is -0.380 e. The first-order valence-electron chi connectivity index (χ1n) is 5.48. The van der Waals surface area contributed by atoms with Gasteiger partial charge in [-0.25, -0.2) is 4.39 Å². The summed E-state index contributed by atoms with van der Waals surface area (Å²) in [6.45, 7) is 8.79. The van der Waals surface area contributed by atoms with E-state index in [9.17, 15) is 4.39 Å². The first-order valence-corrected chi connectivity index (χ1v) is 5.48. The van der Waals surface area contributed by atoms with Gasteiger partial charge in [0, 0.05) is 7.11 Å². The molecule has 0 N–H and O–H groups in total. The van der Waals surface area contributed by atoms with Crippen LogP contribution in [-0.2, 0) is 11.3 Å². The standard InChI is InChI=1S/C8H9FO.C3H8.C2H6/c1-10-6-7-2-4-8(9)5-3-7;1-3-2;1-2/h2-5H,6H2,1H3;3H2,1-2H3;1-2H3. The normalized spacial score (nSPS) is 8.13. The largest absolute Gasteiger partial charge is 0.380 e. The summed E-state index contributed by atoms with van der Waals surface area (Å²) in [6, 6.07) is 6.26. The molecule has 0 aliphatic rings. The molecule has 88 valence electrons. The monoisotopic (exact) mass is 214 g/mol. The van der Waals surface area contributed by atoms with Gasteiger partial charge in [-0.2, -0.15) is 0 Å². The molecule has 0 amide bonds. The van der Waals surface area contributed by atoms with Crippen molar-refractivity contribution in [1.82, 2.24) is 0 Å². The summed E-state index contributed by atoms with van der Waals surface area (Å²) in [5.74, 6) is -0.208. The third-order valence-electron chi connectivity index (χ3n) is 1.22. The summed E-state index contributed by atoms with van der Waals surface area (Å²) >= 11 is 0. The Morgan fingerprint density at radius 1 is 1.07 bits per heavy atom. The van der Waals surface area contributed by atoms with Crippen LogP contribution in [0.5, 0.6) is 0 Å². The third kappa shape index (κ3) is 11.0. The molecule has 15 heavy (non-hydrogen) atoms. The summed E-state index contributed by atoms with van der Waals surface area (Å²) < 4.78 is 17.1. The SMILES string of the molecule is CC.CCC.COCc1ccc(F)cc1. The Morgan fingerprint density at radius 2 is 1.47 bits per heavy atom. The number of benzene rings is 1. The second kappa shape index (κ2) is 13.1. The van der Waals surface area contributed by atoms with Gasteiger partial charge in [-0.15, -0.1) is 0 Å². The van der Waals surface area contributed by atoms with E-state index in [-0.39, 0.29) is 5.82 Å². The van der Waals surface area contributed by atoms with Crippen LogP contribution in [0.2, 0.25) is 0 Å². The van der Waals surface area contributed by atoms with E-state index in [0.717, 1.165) is 5.56 Å². The van der Waals surface area contributed by atoms with Crippen molar-refractivity contribution < 1.29 is 9.13 Å². The number of rotatable bonds is 2. The van der Waals surface area contributed by atoms with Crippen LogP contribution in [0, 0.1) is 5.82 Å². The molecule has 1 nitrogen and oxygen atoms in total. The zero-order chi connectivity index (χ0) is 12.1. The van der Waals surface area contributed by atoms with Gasteiger partial charge >= 0.3 is 0 Å². The van der Waals surface area contributed by atoms with E-state index < -0.39 is 0 Å². The average Bonchev–Trinajstić information content (AvgIpc) is 2.26. The minimum atomic E-state index is -0.208. The molecule has 0 aliphatic carbocycles. The van der Waals surface area contributed by atoms with Crippen molar-refractivity contribution >= 4 is 0 Å².